The Balaban J connectivity index is 2.33. The van der Waals surface area contributed by atoms with Crippen molar-refractivity contribution >= 4 is 11.9 Å². The Morgan fingerprint density at radius 2 is 2.05 bits per heavy atom. The highest BCUT2D eigenvalue weighted by atomic mass is 16.5. The minimum Gasteiger partial charge on any atom is -0.481 e. The minimum atomic E-state index is -0.714. The molecule has 3 atom stereocenters. The molecule has 0 saturated heterocycles. The second-order valence-corrected chi connectivity index (χ2v) is 5.40. The van der Waals surface area contributed by atoms with Crippen LogP contribution in [0.25, 0.3) is 0 Å². The molecule has 3 N–H and O–H groups in total. The molecule has 0 bridgehead atoms. The Hall–Kier alpha value is -1.14. The van der Waals surface area contributed by atoms with Gasteiger partial charge in [-0.3, -0.25) is 9.59 Å². The smallest absolute Gasteiger partial charge is 0.306 e. The average molecular weight is 286 g/mol. The van der Waals surface area contributed by atoms with Crippen LogP contribution in [0.3, 0.4) is 0 Å². The Kier molecular flexibility index (Phi) is 7.54. The molecule has 0 aromatic rings. The molecule has 0 aliphatic heterocycles. The molecule has 0 aromatic carbocycles. The highest BCUT2D eigenvalue weighted by Crippen LogP contribution is 2.29. The molecule has 20 heavy (non-hydrogen) atoms. The van der Waals surface area contributed by atoms with Crippen LogP contribution >= 0.6 is 0 Å². The lowest BCUT2D eigenvalue weighted by molar-refractivity contribution is -0.144. The summed E-state index contributed by atoms with van der Waals surface area (Å²) in [6.45, 7) is 3.35. The molecule has 0 heterocycles. The van der Waals surface area contributed by atoms with Crippen molar-refractivity contribution in [3.63, 3.8) is 0 Å². The first-order valence-corrected chi connectivity index (χ1v) is 7.29. The summed E-state index contributed by atoms with van der Waals surface area (Å²) in [5.74, 6) is -0.950. The third-order valence-electron chi connectivity index (χ3n) is 3.91. The first kappa shape index (κ1) is 16.9. The number of aliphatic carboxylic acids is 1. The van der Waals surface area contributed by atoms with Gasteiger partial charge in [0.15, 0.2) is 0 Å². The number of hydrogen-bond donors (Lipinski definition) is 3. The van der Waals surface area contributed by atoms with E-state index in [-0.39, 0.29) is 23.8 Å². The summed E-state index contributed by atoms with van der Waals surface area (Å²) in [4.78, 5) is 23.0. The number of carboxylic acid groups (broad SMARTS) is 1. The van der Waals surface area contributed by atoms with Gasteiger partial charge in [0.25, 0.3) is 0 Å². The highest BCUT2D eigenvalue weighted by molar-refractivity contribution is 5.81. The van der Waals surface area contributed by atoms with Crippen LogP contribution in [0.1, 0.15) is 32.6 Å². The Morgan fingerprint density at radius 3 is 2.70 bits per heavy atom. The fourth-order valence-corrected chi connectivity index (χ4v) is 2.63. The summed E-state index contributed by atoms with van der Waals surface area (Å²) in [5, 5.41) is 15.1. The van der Waals surface area contributed by atoms with E-state index in [1.165, 1.54) is 0 Å². The summed E-state index contributed by atoms with van der Waals surface area (Å²) in [7, 11) is 1.59. The van der Waals surface area contributed by atoms with Gasteiger partial charge in [-0.15, -0.1) is 0 Å². The molecule has 1 amide bonds. The number of carboxylic acids is 1. The molecule has 1 saturated carbocycles. The van der Waals surface area contributed by atoms with E-state index in [2.05, 4.69) is 10.6 Å². The van der Waals surface area contributed by atoms with Gasteiger partial charge in [0.1, 0.15) is 0 Å². The van der Waals surface area contributed by atoms with Crippen molar-refractivity contribution in [2.24, 2.45) is 11.8 Å². The molecule has 1 fully saturated rings. The van der Waals surface area contributed by atoms with Gasteiger partial charge in [-0.2, -0.15) is 0 Å². The zero-order valence-electron chi connectivity index (χ0n) is 12.4. The SMILES string of the molecule is COCCNC(=O)C(C)NCC1CCCCC1C(=O)O. The van der Waals surface area contributed by atoms with E-state index < -0.39 is 5.97 Å². The van der Waals surface area contributed by atoms with E-state index in [1.54, 1.807) is 14.0 Å². The van der Waals surface area contributed by atoms with Crippen molar-refractivity contribution in [1.82, 2.24) is 10.6 Å². The van der Waals surface area contributed by atoms with E-state index in [0.717, 1.165) is 25.7 Å². The van der Waals surface area contributed by atoms with Gasteiger partial charge in [0, 0.05) is 13.7 Å². The molecule has 1 rings (SSSR count). The van der Waals surface area contributed by atoms with Crippen LogP contribution in [0.4, 0.5) is 0 Å². The lowest BCUT2D eigenvalue weighted by Gasteiger charge is -2.29. The van der Waals surface area contributed by atoms with Gasteiger partial charge in [-0.1, -0.05) is 12.8 Å². The molecule has 0 spiro atoms. The van der Waals surface area contributed by atoms with Crippen molar-refractivity contribution in [3.8, 4) is 0 Å². The van der Waals surface area contributed by atoms with Crippen molar-refractivity contribution in [1.29, 1.82) is 0 Å². The van der Waals surface area contributed by atoms with Crippen molar-refractivity contribution in [3.05, 3.63) is 0 Å². The summed E-state index contributed by atoms with van der Waals surface area (Å²) in [6, 6.07) is -0.316. The lowest BCUT2D eigenvalue weighted by atomic mass is 9.79. The fourth-order valence-electron chi connectivity index (χ4n) is 2.63. The van der Waals surface area contributed by atoms with Gasteiger partial charge in [-0.05, 0) is 32.2 Å². The van der Waals surface area contributed by atoms with Gasteiger partial charge in [-0.25, -0.2) is 0 Å². The van der Waals surface area contributed by atoms with Crippen LogP contribution in [0.15, 0.2) is 0 Å². The summed E-state index contributed by atoms with van der Waals surface area (Å²) in [6.07, 6.45) is 3.73. The predicted octanol–water partition coefficient (Wildman–Crippen LogP) is 0.618. The third-order valence-corrected chi connectivity index (χ3v) is 3.91. The summed E-state index contributed by atoms with van der Waals surface area (Å²) in [5.41, 5.74) is 0. The molecule has 116 valence electrons. The zero-order valence-corrected chi connectivity index (χ0v) is 12.4. The van der Waals surface area contributed by atoms with E-state index in [9.17, 15) is 14.7 Å². The number of carbonyl (C=O) groups is 2. The topological polar surface area (TPSA) is 87.7 Å². The van der Waals surface area contributed by atoms with Crippen LogP contribution in [-0.4, -0.2) is 49.8 Å². The van der Waals surface area contributed by atoms with Crippen LogP contribution < -0.4 is 10.6 Å². The normalized spacial score (nSPS) is 24.1. The summed E-state index contributed by atoms with van der Waals surface area (Å²) >= 11 is 0. The van der Waals surface area contributed by atoms with Crippen LogP contribution in [-0.2, 0) is 14.3 Å². The number of hydrogen-bond acceptors (Lipinski definition) is 4. The lowest BCUT2D eigenvalue weighted by Crippen LogP contribution is -2.46. The van der Waals surface area contributed by atoms with Gasteiger partial charge in [0.05, 0.1) is 18.6 Å². The fraction of sp³-hybridized carbons (Fsp3) is 0.857. The van der Waals surface area contributed by atoms with E-state index in [1.807, 2.05) is 0 Å². The van der Waals surface area contributed by atoms with Crippen LogP contribution in [0.2, 0.25) is 0 Å². The number of methoxy groups -OCH3 is 1. The quantitative estimate of drug-likeness (QED) is 0.569. The Bertz CT molecular complexity index is 322. The maximum atomic E-state index is 11.8. The predicted molar refractivity (Wildman–Crippen MR) is 75.4 cm³/mol. The van der Waals surface area contributed by atoms with Crippen LogP contribution in [0, 0.1) is 11.8 Å². The largest absolute Gasteiger partial charge is 0.481 e. The first-order chi connectivity index (χ1) is 9.56. The number of rotatable bonds is 8. The van der Waals surface area contributed by atoms with Crippen molar-refractivity contribution in [2.75, 3.05) is 26.8 Å². The van der Waals surface area contributed by atoms with E-state index in [4.69, 9.17) is 4.74 Å². The number of carbonyl (C=O) groups excluding carboxylic acids is 1. The first-order valence-electron chi connectivity index (χ1n) is 7.29. The maximum Gasteiger partial charge on any atom is 0.306 e. The van der Waals surface area contributed by atoms with E-state index in [0.29, 0.717) is 19.7 Å². The second-order valence-electron chi connectivity index (χ2n) is 5.40. The van der Waals surface area contributed by atoms with Crippen molar-refractivity contribution in [2.45, 2.75) is 38.6 Å². The molecule has 0 aromatic heterocycles. The Labute approximate surface area is 120 Å². The number of ether oxygens (including phenoxy) is 1. The Morgan fingerprint density at radius 1 is 1.35 bits per heavy atom. The maximum absolute atomic E-state index is 11.8. The average Bonchev–Trinajstić information content (AvgIpc) is 2.45. The van der Waals surface area contributed by atoms with Gasteiger partial charge in [0.2, 0.25) is 5.91 Å². The van der Waals surface area contributed by atoms with E-state index >= 15 is 0 Å². The molecule has 1 aliphatic carbocycles. The zero-order chi connectivity index (χ0) is 15.0. The molecule has 3 unspecified atom stereocenters. The van der Waals surface area contributed by atoms with Crippen LogP contribution in [0.5, 0.6) is 0 Å². The molecule has 1 aliphatic rings. The third kappa shape index (κ3) is 5.46. The number of amides is 1. The molecule has 6 nitrogen and oxygen atoms in total. The minimum absolute atomic E-state index is 0.0789. The molecule has 0 radical (unpaired) electrons. The second kappa shape index (κ2) is 8.92. The van der Waals surface area contributed by atoms with Gasteiger partial charge < -0.3 is 20.5 Å². The highest BCUT2D eigenvalue weighted by Gasteiger charge is 2.30. The molecular formula is C14H26N2O4. The van der Waals surface area contributed by atoms with Crippen molar-refractivity contribution < 1.29 is 19.4 Å². The molecular weight excluding hydrogens is 260 g/mol. The molecule has 6 heteroatoms. The standard InChI is InChI=1S/C14H26N2O4/c1-10(13(17)15-7-8-20-2)16-9-11-5-3-4-6-12(11)14(18)19/h10-12,16H,3-9H2,1-2H3,(H,15,17)(H,18,19). The summed E-state index contributed by atoms with van der Waals surface area (Å²) < 4.78 is 4.87. The number of nitrogens with one attached hydrogen (secondary N) is 2. The van der Waals surface area contributed by atoms with Gasteiger partial charge >= 0.3 is 5.97 Å². The monoisotopic (exact) mass is 286 g/mol.